The second-order valence-electron chi connectivity index (χ2n) is 7.60. The number of hydrogen-bond donors (Lipinski definition) is 1. The molecule has 1 aliphatic rings. The van der Waals surface area contributed by atoms with Crippen LogP contribution in [-0.2, 0) is 6.54 Å². The van der Waals surface area contributed by atoms with E-state index in [1.807, 2.05) is 13.8 Å². The zero-order valence-electron chi connectivity index (χ0n) is 17.9. The van der Waals surface area contributed by atoms with Gasteiger partial charge in [0.05, 0.1) is 6.61 Å². The Morgan fingerprint density at radius 2 is 1.77 bits per heavy atom. The van der Waals surface area contributed by atoms with E-state index >= 15 is 0 Å². The third-order valence-electron chi connectivity index (χ3n) is 4.84. The highest BCUT2D eigenvalue weighted by Crippen LogP contribution is 2.21. The molecule has 1 fully saturated rings. The number of nitrogens with one attached hydrogen (secondary N) is 1. The molecule has 0 saturated carbocycles. The molecule has 0 aliphatic carbocycles. The van der Waals surface area contributed by atoms with Crippen molar-refractivity contribution in [3.8, 4) is 5.75 Å². The summed E-state index contributed by atoms with van der Waals surface area (Å²) in [6.07, 6.45) is 5.55. The van der Waals surface area contributed by atoms with Gasteiger partial charge in [0.2, 0.25) is 0 Å². The lowest BCUT2D eigenvalue weighted by atomic mass is 9.92. The van der Waals surface area contributed by atoms with E-state index in [0.29, 0.717) is 5.92 Å². The third-order valence-corrected chi connectivity index (χ3v) is 4.84. The Balaban J connectivity index is 0.00000163. The molecule has 26 heavy (non-hydrogen) atoms. The van der Waals surface area contributed by atoms with E-state index in [0.717, 1.165) is 31.4 Å². The number of hydrogen-bond acceptors (Lipinski definition) is 3. The molecule has 1 aromatic rings. The van der Waals surface area contributed by atoms with Crippen molar-refractivity contribution in [2.75, 3.05) is 32.8 Å². The quantitative estimate of drug-likeness (QED) is 0.568. The zero-order chi connectivity index (χ0) is 19.2. The summed E-state index contributed by atoms with van der Waals surface area (Å²) >= 11 is 0. The molecule has 3 nitrogen and oxygen atoms in total. The van der Waals surface area contributed by atoms with Crippen LogP contribution in [0.25, 0.3) is 0 Å². The van der Waals surface area contributed by atoms with Crippen LogP contribution in [-0.4, -0.2) is 37.7 Å². The molecule has 2 rings (SSSR count). The molecular formula is C23H42N2O. The van der Waals surface area contributed by atoms with Crippen LogP contribution < -0.4 is 10.1 Å². The third kappa shape index (κ3) is 9.59. The van der Waals surface area contributed by atoms with Gasteiger partial charge in [0.15, 0.2) is 0 Å². The SMILES string of the molecule is CC.CCCC1CCN(CCNCc2ccc(OCC(C)C)cc2)CC1. The van der Waals surface area contributed by atoms with E-state index in [2.05, 4.69) is 55.3 Å². The predicted molar refractivity (Wildman–Crippen MR) is 114 cm³/mol. The molecule has 0 radical (unpaired) electrons. The summed E-state index contributed by atoms with van der Waals surface area (Å²) in [5, 5.41) is 3.57. The summed E-state index contributed by atoms with van der Waals surface area (Å²) in [5.74, 6) is 2.52. The zero-order valence-corrected chi connectivity index (χ0v) is 17.9. The van der Waals surface area contributed by atoms with E-state index in [1.54, 1.807) is 0 Å². The molecule has 0 amide bonds. The van der Waals surface area contributed by atoms with Gasteiger partial charge in [-0.25, -0.2) is 0 Å². The van der Waals surface area contributed by atoms with E-state index in [1.165, 1.54) is 50.9 Å². The minimum Gasteiger partial charge on any atom is -0.493 e. The highest BCUT2D eigenvalue weighted by Gasteiger charge is 2.17. The highest BCUT2D eigenvalue weighted by atomic mass is 16.5. The molecule has 3 heteroatoms. The molecule has 0 aromatic heterocycles. The van der Waals surface area contributed by atoms with E-state index in [4.69, 9.17) is 4.74 Å². The number of piperidine rings is 1. The lowest BCUT2D eigenvalue weighted by Crippen LogP contribution is -2.38. The number of nitrogens with zero attached hydrogens (tertiary/aromatic N) is 1. The van der Waals surface area contributed by atoms with Crippen molar-refractivity contribution in [2.45, 2.75) is 66.8 Å². The minimum absolute atomic E-state index is 0.568. The Morgan fingerprint density at radius 1 is 1.12 bits per heavy atom. The molecule has 1 saturated heterocycles. The van der Waals surface area contributed by atoms with Gasteiger partial charge in [0.25, 0.3) is 0 Å². The number of likely N-dealkylation sites (tertiary alicyclic amines) is 1. The van der Waals surface area contributed by atoms with Gasteiger partial charge in [0.1, 0.15) is 5.75 Å². The van der Waals surface area contributed by atoms with Crippen LogP contribution in [0.15, 0.2) is 24.3 Å². The highest BCUT2D eigenvalue weighted by molar-refractivity contribution is 5.27. The molecule has 1 aliphatic heterocycles. The van der Waals surface area contributed by atoms with Gasteiger partial charge >= 0.3 is 0 Å². The van der Waals surface area contributed by atoms with Crippen molar-refractivity contribution in [2.24, 2.45) is 11.8 Å². The lowest BCUT2D eigenvalue weighted by molar-refractivity contribution is 0.179. The average molecular weight is 363 g/mol. The number of rotatable bonds is 10. The van der Waals surface area contributed by atoms with Crippen LogP contribution >= 0.6 is 0 Å². The summed E-state index contributed by atoms with van der Waals surface area (Å²) in [6.45, 7) is 17.2. The fourth-order valence-corrected chi connectivity index (χ4v) is 3.34. The molecule has 1 aromatic carbocycles. The van der Waals surface area contributed by atoms with Crippen molar-refractivity contribution in [3.05, 3.63) is 29.8 Å². The predicted octanol–water partition coefficient (Wildman–Crippen LogP) is 5.35. The van der Waals surface area contributed by atoms with Gasteiger partial charge in [-0.3, -0.25) is 0 Å². The molecule has 0 atom stereocenters. The maximum atomic E-state index is 5.73. The van der Waals surface area contributed by atoms with Crippen molar-refractivity contribution in [1.82, 2.24) is 10.2 Å². The standard InChI is InChI=1S/C21H36N2O.C2H6/c1-4-5-19-10-13-23(14-11-19)15-12-22-16-20-6-8-21(9-7-20)24-17-18(2)3;1-2/h6-9,18-19,22H,4-5,10-17H2,1-3H3;1-2H3. The van der Waals surface area contributed by atoms with Gasteiger partial charge in [-0.15, -0.1) is 0 Å². The van der Waals surface area contributed by atoms with E-state index in [9.17, 15) is 0 Å². The Morgan fingerprint density at radius 3 is 2.35 bits per heavy atom. The first-order chi connectivity index (χ1) is 12.7. The Labute approximate surface area is 162 Å². The molecule has 0 spiro atoms. The van der Waals surface area contributed by atoms with Gasteiger partial charge < -0.3 is 15.0 Å². The Kier molecular flexibility index (Phi) is 12.4. The maximum absolute atomic E-state index is 5.73. The number of ether oxygens (including phenoxy) is 1. The van der Waals surface area contributed by atoms with Crippen molar-refractivity contribution in [1.29, 1.82) is 0 Å². The maximum Gasteiger partial charge on any atom is 0.119 e. The molecule has 1 heterocycles. The Bertz CT molecular complexity index is 436. The van der Waals surface area contributed by atoms with Crippen LogP contribution in [0.2, 0.25) is 0 Å². The molecule has 150 valence electrons. The van der Waals surface area contributed by atoms with Crippen molar-refractivity contribution < 1.29 is 4.74 Å². The first-order valence-electron chi connectivity index (χ1n) is 10.8. The molecule has 1 N–H and O–H groups in total. The van der Waals surface area contributed by atoms with Crippen LogP contribution in [0, 0.1) is 11.8 Å². The first-order valence-corrected chi connectivity index (χ1v) is 10.8. The summed E-state index contributed by atoms with van der Waals surface area (Å²) in [5.41, 5.74) is 1.33. The monoisotopic (exact) mass is 362 g/mol. The fraction of sp³-hybridized carbons (Fsp3) is 0.739. The van der Waals surface area contributed by atoms with Gasteiger partial charge in [-0.1, -0.05) is 59.6 Å². The van der Waals surface area contributed by atoms with Crippen LogP contribution in [0.5, 0.6) is 5.75 Å². The van der Waals surface area contributed by atoms with E-state index in [-0.39, 0.29) is 0 Å². The summed E-state index contributed by atoms with van der Waals surface area (Å²) in [7, 11) is 0. The smallest absolute Gasteiger partial charge is 0.119 e. The van der Waals surface area contributed by atoms with Gasteiger partial charge in [-0.05, 0) is 55.5 Å². The summed E-state index contributed by atoms with van der Waals surface area (Å²) in [4.78, 5) is 2.61. The van der Waals surface area contributed by atoms with Crippen molar-refractivity contribution in [3.63, 3.8) is 0 Å². The first kappa shape index (κ1) is 23.0. The van der Waals surface area contributed by atoms with Crippen LogP contribution in [0.4, 0.5) is 0 Å². The van der Waals surface area contributed by atoms with Gasteiger partial charge in [0, 0.05) is 19.6 Å². The Hall–Kier alpha value is -1.06. The topological polar surface area (TPSA) is 24.5 Å². The second kappa shape index (κ2) is 14.1. The summed E-state index contributed by atoms with van der Waals surface area (Å²) < 4.78 is 5.73. The fourth-order valence-electron chi connectivity index (χ4n) is 3.34. The van der Waals surface area contributed by atoms with Gasteiger partial charge in [-0.2, -0.15) is 0 Å². The van der Waals surface area contributed by atoms with Crippen molar-refractivity contribution >= 4 is 0 Å². The number of benzene rings is 1. The largest absolute Gasteiger partial charge is 0.493 e. The lowest BCUT2D eigenvalue weighted by Gasteiger charge is -2.31. The summed E-state index contributed by atoms with van der Waals surface area (Å²) in [6, 6.07) is 8.49. The van der Waals surface area contributed by atoms with Crippen LogP contribution in [0.3, 0.4) is 0 Å². The minimum atomic E-state index is 0.568. The molecular weight excluding hydrogens is 320 g/mol. The van der Waals surface area contributed by atoms with E-state index < -0.39 is 0 Å². The van der Waals surface area contributed by atoms with Crippen LogP contribution in [0.1, 0.15) is 65.9 Å². The average Bonchev–Trinajstić information content (AvgIpc) is 2.67. The normalized spacial score (nSPS) is 15.6. The molecule has 0 unspecified atom stereocenters. The molecule has 0 bridgehead atoms. The second-order valence-corrected chi connectivity index (χ2v) is 7.60.